The van der Waals surface area contributed by atoms with Gasteiger partial charge in [0.1, 0.15) is 12.0 Å². The molecule has 0 radical (unpaired) electrons. The fourth-order valence-electron chi connectivity index (χ4n) is 4.73. The molecule has 1 fully saturated rings. The molecule has 2 aromatic carbocycles. The number of alkyl carbamates (subject to hydrolysis) is 1. The molecule has 2 amide bonds. The number of fused-ring (bicyclic) bond motifs is 3. The van der Waals surface area contributed by atoms with E-state index in [-0.39, 0.29) is 37.9 Å². The molecule has 172 valence electrons. The van der Waals surface area contributed by atoms with E-state index >= 15 is 0 Å². The maximum Gasteiger partial charge on any atom is 0.407 e. The zero-order chi connectivity index (χ0) is 23.4. The summed E-state index contributed by atoms with van der Waals surface area (Å²) in [7, 11) is 0. The van der Waals surface area contributed by atoms with Crippen LogP contribution in [0, 0.1) is 5.41 Å². The van der Waals surface area contributed by atoms with E-state index in [2.05, 4.69) is 36.2 Å². The van der Waals surface area contributed by atoms with Gasteiger partial charge in [0.25, 0.3) is 0 Å². The number of likely N-dealkylation sites (tertiary alicyclic amines) is 1. The largest absolute Gasteiger partial charge is 0.481 e. The van der Waals surface area contributed by atoms with Crippen molar-refractivity contribution in [3.05, 3.63) is 72.3 Å². The minimum Gasteiger partial charge on any atom is -0.481 e. The molecule has 2 N–H and O–H groups in total. The van der Waals surface area contributed by atoms with Crippen molar-refractivity contribution >= 4 is 18.0 Å². The van der Waals surface area contributed by atoms with Crippen LogP contribution in [0.2, 0.25) is 0 Å². The van der Waals surface area contributed by atoms with Gasteiger partial charge in [0.05, 0.1) is 0 Å². The van der Waals surface area contributed by atoms with Crippen molar-refractivity contribution in [1.29, 1.82) is 0 Å². The molecule has 2 aromatic rings. The average Bonchev–Trinajstić information content (AvgIpc) is 3.11. The number of amides is 2. The number of hydrogen-bond donors (Lipinski definition) is 2. The summed E-state index contributed by atoms with van der Waals surface area (Å²) >= 11 is 0. The van der Waals surface area contributed by atoms with Crippen LogP contribution in [0.25, 0.3) is 11.1 Å². The van der Waals surface area contributed by atoms with Crippen molar-refractivity contribution in [2.45, 2.75) is 25.2 Å². The lowest BCUT2D eigenvalue weighted by molar-refractivity contribution is -0.165. The fraction of sp³-hybridized carbons (Fsp3) is 0.346. The fourth-order valence-corrected chi connectivity index (χ4v) is 4.73. The van der Waals surface area contributed by atoms with Crippen LogP contribution in [-0.2, 0) is 14.3 Å². The van der Waals surface area contributed by atoms with Gasteiger partial charge in [0.2, 0.25) is 5.91 Å². The number of rotatable bonds is 9. The maximum atomic E-state index is 12.3. The second kappa shape index (κ2) is 9.48. The summed E-state index contributed by atoms with van der Waals surface area (Å²) in [4.78, 5) is 37.5. The van der Waals surface area contributed by atoms with Crippen molar-refractivity contribution in [3.8, 4) is 11.1 Å². The Kier molecular flexibility index (Phi) is 6.49. The van der Waals surface area contributed by atoms with Gasteiger partial charge in [-0.05, 0) is 35.1 Å². The zero-order valence-corrected chi connectivity index (χ0v) is 18.5. The predicted octanol–water partition coefficient (Wildman–Crippen LogP) is 3.79. The molecule has 1 saturated heterocycles. The Balaban J connectivity index is 1.20. The summed E-state index contributed by atoms with van der Waals surface area (Å²) in [6.45, 7) is 4.56. The number of hydrogen-bond acceptors (Lipinski definition) is 4. The molecule has 4 rings (SSSR count). The number of carboxylic acid groups (broad SMARTS) is 1. The Morgan fingerprint density at radius 1 is 1.09 bits per heavy atom. The van der Waals surface area contributed by atoms with Gasteiger partial charge in [0.15, 0.2) is 0 Å². The molecule has 0 saturated carbocycles. The molecule has 0 spiro atoms. The highest BCUT2D eigenvalue weighted by atomic mass is 16.5. The van der Waals surface area contributed by atoms with Crippen LogP contribution < -0.4 is 5.32 Å². The minimum atomic E-state index is -0.906. The lowest BCUT2D eigenvalue weighted by Crippen LogP contribution is -2.61. The van der Waals surface area contributed by atoms with Crippen molar-refractivity contribution in [2.24, 2.45) is 5.41 Å². The van der Waals surface area contributed by atoms with Crippen LogP contribution >= 0.6 is 0 Å². The molecule has 33 heavy (non-hydrogen) atoms. The van der Waals surface area contributed by atoms with Crippen molar-refractivity contribution in [1.82, 2.24) is 10.2 Å². The second-order valence-corrected chi connectivity index (χ2v) is 8.68. The summed E-state index contributed by atoms with van der Waals surface area (Å²) in [6, 6.07) is 16.3. The number of carboxylic acids is 1. The van der Waals surface area contributed by atoms with Crippen LogP contribution in [0.5, 0.6) is 0 Å². The molecular formula is C26H28N2O5. The maximum absolute atomic E-state index is 12.3. The molecule has 0 unspecified atom stereocenters. The first kappa shape index (κ1) is 22.6. The summed E-state index contributed by atoms with van der Waals surface area (Å²) < 4.78 is 5.49. The van der Waals surface area contributed by atoms with Gasteiger partial charge < -0.3 is 20.1 Å². The van der Waals surface area contributed by atoms with E-state index in [0.29, 0.717) is 19.4 Å². The van der Waals surface area contributed by atoms with Crippen LogP contribution in [0.4, 0.5) is 4.79 Å². The van der Waals surface area contributed by atoms with Crippen LogP contribution in [-0.4, -0.2) is 54.2 Å². The molecule has 7 nitrogen and oxygen atoms in total. The number of carbonyl (C=O) groups is 3. The Bertz CT molecular complexity index is 1030. The lowest BCUT2D eigenvalue weighted by atomic mass is 9.76. The van der Waals surface area contributed by atoms with Crippen molar-refractivity contribution < 1.29 is 24.2 Å². The predicted molar refractivity (Wildman–Crippen MR) is 124 cm³/mol. The van der Waals surface area contributed by atoms with Gasteiger partial charge in [-0.25, -0.2) is 4.79 Å². The van der Waals surface area contributed by atoms with E-state index in [4.69, 9.17) is 4.74 Å². The molecule has 1 aliphatic carbocycles. The highest BCUT2D eigenvalue weighted by molar-refractivity contribution is 5.83. The lowest BCUT2D eigenvalue weighted by Gasteiger charge is -2.46. The Labute approximate surface area is 193 Å². The number of nitrogens with one attached hydrogen (secondary N) is 1. The quantitative estimate of drug-likeness (QED) is 0.449. The van der Waals surface area contributed by atoms with Gasteiger partial charge in [-0.3, -0.25) is 9.59 Å². The van der Waals surface area contributed by atoms with E-state index < -0.39 is 17.5 Å². The highest BCUT2D eigenvalue weighted by Gasteiger charge is 2.50. The molecule has 1 aliphatic heterocycles. The van der Waals surface area contributed by atoms with Crippen LogP contribution in [0.1, 0.15) is 36.3 Å². The average molecular weight is 449 g/mol. The van der Waals surface area contributed by atoms with Crippen molar-refractivity contribution in [2.75, 3.05) is 26.2 Å². The monoisotopic (exact) mass is 448 g/mol. The SMILES string of the molecule is C=CCC1(C(=O)O)CN(C(=O)CCCNC(=O)OCC2c3ccccc3-c3ccccc32)C1. The third kappa shape index (κ3) is 4.49. The summed E-state index contributed by atoms with van der Waals surface area (Å²) in [5.41, 5.74) is 3.75. The number of carbonyl (C=O) groups excluding carboxylic acids is 2. The normalized spacial score (nSPS) is 15.7. The molecule has 1 heterocycles. The number of benzene rings is 2. The molecule has 2 aliphatic rings. The summed E-state index contributed by atoms with van der Waals surface area (Å²) in [6.07, 6.45) is 2.11. The Morgan fingerprint density at radius 3 is 2.27 bits per heavy atom. The third-order valence-corrected chi connectivity index (χ3v) is 6.51. The summed E-state index contributed by atoms with van der Waals surface area (Å²) in [5, 5.41) is 12.1. The number of nitrogens with zero attached hydrogens (tertiary/aromatic N) is 1. The van der Waals surface area contributed by atoms with Gasteiger partial charge in [-0.1, -0.05) is 54.6 Å². The molecular weight excluding hydrogens is 420 g/mol. The van der Waals surface area contributed by atoms with Gasteiger partial charge in [-0.15, -0.1) is 6.58 Å². The summed E-state index contributed by atoms with van der Waals surface area (Å²) in [5.74, 6) is -1.00. The van der Waals surface area contributed by atoms with Crippen LogP contribution in [0.15, 0.2) is 61.2 Å². The molecule has 7 heteroatoms. The first-order valence-corrected chi connectivity index (χ1v) is 11.2. The van der Waals surface area contributed by atoms with E-state index in [1.807, 2.05) is 24.3 Å². The smallest absolute Gasteiger partial charge is 0.407 e. The van der Waals surface area contributed by atoms with Gasteiger partial charge in [-0.2, -0.15) is 0 Å². The number of allylic oxidation sites excluding steroid dienone is 1. The highest BCUT2D eigenvalue weighted by Crippen LogP contribution is 2.44. The van der Waals surface area contributed by atoms with Crippen LogP contribution in [0.3, 0.4) is 0 Å². The first-order chi connectivity index (χ1) is 15.9. The first-order valence-electron chi connectivity index (χ1n) is 11.2. The van der Waals surface area contributed by atoms with E-state index in [0.717, 1.165) is 11.1 Å². The second-order valence-electron chi connectivity index (χ2n) is 8.68. The van der Waals surface area contributed by atoms with E-state index in [1.165, 1.54) is 11.1 Å². The van der Waals surface area contributed by atoms with E-state index in [1.54, 1.807) is 11.0 Å². The number of aliphatic carboxylic acids is 1. The third-order valence-electron chi connectivity index (χ3n) is 6.51. The zero-order valence-electron chi connectivity index (χ0n) is 18.5. The Morgan fingerprint density at radius 2 is 1.70 bits per heavy atom. The standard InChI is InChI=1S/C26H28N2O5/c1-2-13-26(24(30)31)16-28(17-26)23(29)12-7-14-27-25(32)33-15-22-20-10-5-3-8-18(20)19-9-4-6-11-21(19)22/h2-6,8-11,22H,1,7,12-17H2,(H,27,32)(H,30,31). The molecule has 0 bridgehead atoms. The van der Waals surface area contributed by atoms with E-state index in [9.17, 15) is 19.5 Å². The molecule has 0 aromatic heterocycles. The Hall–Kier alpha value is -3.61. The topological polar surface area (TPSA) is 95.9 Å². The van der Waals surface area contributed by atoms with Crippen molar-refractivity contribution in [3.63, 3.8) is 0 Å². The molecule has 0 atom stereocenters. The number of ether oxygens (including phenoxy) is 1. The van der Waals surface area contributed by atoms with Gasteiger partial charge in [0, 0.05) is 32.0 Å². The van der Waals surface area contributed by atoms with Gasteiger partial charge >= 0.3 is 12.1 Å². The minimum absolute atomic E-state index is 0.00112.